The molecule has 0 aromatic carbocycles. The predicted octanol–water partition coefficient (Wildman–Crippen LogP) is 0.481. The smallest absolute Gasteiger partial charge is 0.236 e. The molecule has 4 nitrogen and oxygen atoms in total. The van der Waals surface area contributed by atoms with Crippen LogP contribution in [-0.2, 0) is 9.53 Å². The number of amides is 1. The van der Waals surface area contributed by atoms with Crippen LogP contribution in [0.2, 0.25) is 0 Å². The molecule has 0 atom stereocenters. The maximum absolute atomic E-state index is 11.5. The van der Waals surface area contributed by atoms with Gasteiger partial charge in [-0.15, -0.1) is 0 Å². The van der Waals surface area contributed by atoms with Crippen molar-refractivity contribution in [1.29, 1.82) is 0 Å². The molecule has 0 bridgehead atoms. The normalized spacial score (nSPS) is 10.2. The minimum atomic E-state index is 0.174. The van der Waals surface area contributed by atoms with Crippen LogP contribution in [-0.4, -0.2) is 50.7 Å². The van der Waals surface area contributed by atoms with Gasteiger partial charge in [0.25, 0.3) is 0 Å². The van der Waals surface area contributed by atoms with Gasteiger partial charge in [0.1, 0.15) is 0 Å². The van der Waals surface area contributed by atoms with Gasteiger partial charge in [0.15, 0.2) is 0 Å². The standard InChI is InChI=1S/C10H22N2O2/c1-4-12(5-2)10(13)9-11-7-6-8-14-3/h11H,4-9H2,1-3H3. The number of nitrogens with zero attached hydrogens (tertiary/aromatic N) is 1. The summed E-state index contributed by atoms with van der Waals surface area (Å²) in [5.74, 6) is 0.174. The predicted molar refractivity (Wildman–Crippen MR) is 57.3 cm³/mol. The van der Waals surface area contributed by atoms with Gasteiger partial charge in [-0.1, -0.05) is 0 Å². The Kier molecular flexibility index (Phi) is 8.57. The van der Waals surface area contributed by atoms with Gasteiger partial charge >= 0.3 is 0 Å². The van der Waals surface area contributed by atoms with Crippen molar-refractivity contribution in [3.63, 3.8) is 0 Å². The summed E-state index contributed by atoms with van der Waals surface area (Å²) in [5, 5.41) is 3.10. The zero-order chi connectivity index (χ0) is 10.8. The van der Waals surface area contributed by atoms with Crippen molar-refractivity contribution in [3.8, 4) is 0 Å². The fraction of sp³-hybridized carbons (Fsp3) is 0.900. The van der Waals surface area contributed by atoms with E-state index in [4.69, 9.17) is 4.74 Å². The molecule has 0 saturated heterocycles. The quantitative estimate of drug-likeness (QED) is 0.582. The first-order valence-electron chi connectivity index (χ1n) is 5.23. The van der Waals surface area contributed by atoms with E-state index in [9.17, 15) is 4.79 Å². The first-order valence-corrected chi connectivity index (χ1v) is 5.23. The molecule has 0 rings (SSSR count). The Hall–Kier alpha value is -0.610. The van der Waals surface area contributed by atoms with E-state index < -0.39 is 0 Å². The number of hydrogen-bond donors (Lipinski definition) is 1. The largest absolute Gasteiger partial charge is 0.385 e. The van der Waals surface area contributed by atoms with Crippen molar-refractivity contribution in [2.75, 3.05) is 39.9 Å². The van der Waals surface area contributed by atoms with Crippen molar-refractivity contribution >= 4 is 5.91 Å². The highest BCUT2D eigenvalue weighted by Crippen LogP contribution is 1.87. The first kappa shape index (κ1) is 13.4. The highest BCUT2D eigenvalue weighted by atomic mass is 16.5. The van der Waals surface area contributed by atoms with Crippen LogP contribution in [0.25, 0.3) is 0 Å². The summed E-state index contributed by atoms with van der Waals surface area (Å²) in [7, 11) is 1.68. The maximum atomic E-state index is 11.5. The van der Waals surface area contributed by atoms with Crippen LogP contribution in [0, 0.1) is 0 Å². The van der Waals surface area contributed by atoms with Crippen molar-refractivity contribution in [3.05, 3.63) is 0 Å². The molecule has 0 unspecified atom stereocenters. The molecule has 0 aliphatic rings. The summed E-state index contributed by atoms with van der Waals surface area (Å²) in [6, 6.07) is 0. The minimum Gasteiger partial charge on any atom is -0.385 e. The Labute approximate surface area is 86.6 Å². The van der Waals surface area contributed by atoms with E-state index in [2.05, 4.69) is 5.32 Å². The SMILES string of the molecule is CCN(CC)C(=O)CNCCCOC. The summed E-state index contributed by atoms with van der Waals surface area (Å²) in [6.07, 6.45) is 0.946. The van der Waals surface area contributed by atoms with Crippen LogP contribution in [0.1, 0.15) is 20.3 Å². The maximum Gasteiger partial charge on any atom is 0.236 e. The average molecular weight is 202 g/mol. The van der Waals surface area contributed by atoms with Gasteiger partial charge < -0.3 is 15.0 Å². The number of methoxy groups -OCH3 is 1. The van der Waals surface area contributed by atoms with Crippen LogP contribution < -0.4 is 5.32 Å². The molecule has 0 heterocycles. The molecule has 1 N–H and O–H groups in total. The number of nitrogens with one attached hydrogen (secondary N) is 1. The minimum absolute atomic E-state index is 0.174. The second-order valence-corrected chi connectivity index (χ2v) is 3.09. The molecular formula is C10H22N2O2. The number of carbonyl (C=O) groups is 1. The van der Waals surface area contributed by atoms with Gasteiger partial charge in [-0.05, 0) is 26.8 Å². The van der Waals surface area contributed by atoms with Gasteiger partial charge in [0, 0.05) is 26.8 Å². The van der Waals surface area contributed by atoms with Gasteiger partial charge in [0.2, 0.25) is 5.91 Å². The summed E-state index contributed by atoms with van der Waals surface area (Å²) >= 11 is 0. The van der Waals surface area contributed by atoms with Gasteiger partial charge in [0.05, 0.1) is 6.54 Å². The van der Waals surface area contributed by atoms with E-state index in [0.29, 0.717) is 6.54 Å². The Bertz CT molecular complexity index is 147. The molecule has 0 saturated carbocycles. The molecule has 0 fully saturated rings. The molecule has 4 heteroatoms. The van der Waals surface area contributed by atoms with Crippen molar-refractivity contribution < 1.29 is 9.53 Å². The van der Waals surface area contributed by atoms with Gasteiger partial charge in [-0.3, -0.25) is 4.79 Å². The number of rotatable bonds is 8. The topological polar surface area (TPSA) is 41.6 Å². The zero-order valence-corrected chi connectivity index (χ0v) is 9.51. The highest BCUT2D eigenvalue weighted by molar-refractivity contribution is 5.78. The molecule has 0 aliphatic heterocycles. The molecular weight excluding hydrogens is 180 g/mol. The average Bonchev–Trinajstić information content (AvgIpc) is 2.19. The number of likely N-dealkylation sites (N-methyl/N-ethyl adjacent to an activating group) is 1. The summed E-state index contributed by atoms with van der Waals surface area (Å²) in [4.78, 5) is 13.3. The summed E-state index contributed by atoms with van der Waals surface area (Å²) < 4.78 is 4.90. The molecule has 14 heavy (non-hydrogen) atoms. The lowest BCUT2D eigenvalue weighted by molar-refractivity contribution is -0.129. The molecule has 0 radical (unpaired) electrons. The lowest BCUT2D eigenvalue weighted by Gasteiger charge is -2.18. The van der Waals surface area contributed by atoms with E-state index in [1.165, 1.54) is 0 Å². The van der Waals surface area contributed by atoms with E-state index >= 15 is 0 Å². The Morgan fingerprint density at radius 1 is 1.36 bits per heavy atom. The van der Waals surface area contributed by atoms with Crippen LogP contribution >= 0.6 is 0 Å². The zero-order valence-electron chi connectivity index (χ0n) is 9.51. The third kappa shape index (κ3) is 5.94. The molecule has 0 aromatic heterocycles. The Balaban J connectivity index is 3.43. The van der Waals surface area contributed by atoms with E-state index in [1.807, 2.05) is 18.7 Å². The van der Waals surface area contributed by atoms with E-state index in [1.54, 1.807) is 7.11 Å². The fourth-order valence-corrected chi connectivity index (χ4v) is 1.22. The third-order valence-electron chi connectivity index (χ3n) is 2.09. The van der Waals surface area contributed by atoms with Crippen LogP contribution in [0.4, 0.5) is 0 Å². The van der Waals surface area contributed by atoms with E-state index in [-0.39, 0.29) is 5.91 Å². The van der Waals surface area contributed by atoms with Crippen molar-refractivity contribution in [2.45, 2.75) is 20.3 Å². The summed E-state index contributed by atoms with van der Waals surface area (Å²) in [6.45, 7) is 7.57. The third-order valence-corrected chi connectivity index (χ3v) is 2.09. The van der Waals surface area contributed by atoms with Crippen molar-refractivity contribution in [1.82, 2.24) is 10.2 Å². The highest BCUT2D eigenvalue weighted by Gasteiger charge is 2.07. The molecule has 0 spiro atoms. The second kappa shape index (κ2) is 8.97. The number of hydrogen-bond acceptors (Lipinski definition) is 3. The fourth-order valence-electron chi connectivity index (χ4n) is 1.22. The second-order valence-electron chi connectivity index (χ2n) is 3.09. The van der Waals surface area contributed by atoms with E-state index in [0.717, 1.165) is 32.7 Å². The Morgan fingerprint density at radius 2 is 2.00 bits per heavy atom. The molecule has 0 aliphatic carbocycles. The number of ether oxygens (including phenoxy) is 1. The van der Waals surface area contributed by atoms with Crippen LogP contribution in [0.15, 0.2) is 0 Å². The lowest BCUT2D eigenvalue weighted by atomic mass is 10.4. The monoisotopic (exact) mass is 202 g/mol. The van der Waals surface area contributed by atoms with Crippen LogP contribution in [0.5, 0.6) is 0 Å². The van der Waals surface area contributed by atoms with Crippen LogP contribution in [0.3, 0.4) is 0 Å². The molecule has 0 aromatic rings. The summed E-state index contributed by atoms with van der Waals surface area (Å²) in [5.41, 5.74) is 0. The number of carbonyl (C=O) groups excluding carboxylic acids is 1. The lowest BCUT2D eigenvalue weighted by Crippen LogP contribution is -2.38. The Morgan fingerprint density at radius 3 is 2.50 bits per heavy atom. The van der Waals surface area contributed by atoms with Gasteiger partial charge in [-0.25, -0.2) is 0 Å². The molecule has 1 amide bonds. The first-order chi connectivity index (χ1) is 6.76. The molecule has 84 valence electrons. The van der Waals surface area contributed by atoms with Gasteiger partial charge in [-0.2, -0.15) is 0 Å². The van der Waals surface area contributed by atoms with Crippen molar-refractivity contribution in [2.24, 2.45) is 0 Å².